The average molecular weight is 352 g/mol. The molecule has 2 aromatic carbocycles. The summed E-state index contributed by atoms with van der Waals surface area (Å²) in [6.45, 7) is 0.937. The van der Waals surface area contributed by atoms with Crippen molar-refractivity contribution in [1.29, 1.82) is 0 Å². The van der Waals surface area contributed by atoms with Gasteiger partial charge in [-0.05, 0) is 36.4 Å². The molecule has 7 heteroatoms. The molecule has 0 saturated carbocycles. The molecular weight excluding hydrogens is 332 g/mol. The molecule has 0 bridgehead atoms. The summed E-state index contributed by atoms with van der Waals surface area (Å²) in [5.74, 6) is 1.41. The van der Waals surface area contributed by atoms with E-state index in [1.54, 1.807) is 13.3 Å². The Kier molecular flexibility index (Phi) is 5.82. The maximum Gasteiger partial charge on any atom is 0.241 e. The molecule has 0 aliphatic heterocycles. The lowest BCUT2D eigenvalue weighted by Crippen LogP contribution is -2.31. The van der Waals surface area contributed by atoms with Crippen LogP contribution in [0.3, 0.4) is 0 Å². The predicted molar refractivity (Wildman–Crippen MR) is 97.0 cm³/mol. The summed E-state index contributed by atoms with van der Waals surface area (Å²) in [4.78, 5) is 12.0. The van der Waals surface area contributed by atoms with Crippen molar-refractivity contribution in [1.82, 2.24) is 20.3 Å². The zero-order chi connectivity index (χ0) is 18.2. The highest BCUT2D eigenvalue weighted by Crippen LogP contribution is 2.19. The minimum Gasteiger partial charge on any atom is -0.497 e. The maximum absolute atomic E-state index is 12.0. The standard InChI is InChI=1S/C19H20N4O3/c1-25-16-9-7-15(8-10-16)18-13-23(22-21-18)14-19(24)20-11-12-26-17-5-3-2-4-6-17/h2-10,13H,11-12,14H2,1H3,(H,20,24). The lowest BCUT2D eigenvalue weighted by atomic mass is 10.2. The number of nitrogens with one attached hydrogen (secondary N) is 1. The fourth-order valence-electron chi connectivity index (χ4n) is 2.35. The third-order valence-electron chi connectivity index (χ3n) is 3.67. The number of hydrogen-bond acceptors (Lipinski definition) is 5. The van der Waals surface area contributed by atoms with Crippen molar-refractivity contribution in [3.8, 4) is 22.8 Å². The summed E-state index contributed by atoms with van der Waals surface area (Å²) in [5, 5.41) is 10.9. The Morgan fingerprint density at radius 3 is 2.58 bits per heavy atom. The molecule has 7 nitrogen and oxygen atoms in total. The van der Waals surface area contributed by atoms with Gasteiger partial charge in [0.2, 0.25) is 5.91 Å². The molecule has 1 amide bonds. The van der Waals surface area contributed by atoms with E-state index < -0.39 is 0 Å². The molecule has 0 radical (unpaired) electrons. The maximum atomic E-state index is 12.0. The number of rotatable bonds is 8. The van der Waals surface area contributed by atoms with Gasteiger partial charge in [-0.1, -0.05) is 23.4 Å². The molecule has 3 rings (SSSR count). The van der Waals surface area contributed by atoms with Gasteiger partial charge in [0.1, 0.15) is 30.3 Å². The Morgan fingerprint density at radius 1 is 1.08 bits per heavy atom. The summed E-state index contributed by atoms with van der Waals surface area (Å²) < 4.78 is 12.2. The number of hydrogen-bond donors (Lipinski definition) is 1. The SMILES string of the molecule is COc1ccc(-c2cn(CC(=O)NCCOc3ccccc3)nn2)cc1. The normalized spacial score (nSPS) is 10.3. The van der Waals surface area contributed by atoms with Gasteiger partial charge in [0.15, 0.2) is 0 Å². The second-order valence-corrected chi connectivity index (χ2v) is 5.54. The highest BCUT2D eigenvalue weighted by molar-refractivity contribution is 5.75. The molecule has 134 valence electrons. The lowest BCUT2D eigenvalue weighted by molar-refractivity contribution is -0.121. The van der Waals surface area contributed by atoms with Gasteiger partial charge in [-0.2, -0.15) is 0 Å². The molecular formula is C19H20N4O3. The molecule has 1 aromatic heterocycles. The molecule has 3 aromatic rings. The number of carbonyl (C=O) groups excluding carboxylic acids is 1. The zero-order valence-corrected chi connectivity index (χ0v) is 14.5. The fraction of sp³-hybridized carbons (Fsp3) is 0.211. The van der Waals surface area contributed by atoms with Gasteiger partial charge in [0.25, 0.3) is 0 Å². The number of aromatic nitrogens is 3. The van der Waals surface area contributed by atoms with E-state index in [2.05, 4.69) is 15.6 Å². The first-order valence-electron chi connectivity index (χ1n) is 8.24. The summed E-state index contributed by atoms with van der Waals surface area (Å²) in [5.41, 5.74) is 1.61. The van der Waals surface area contributed by atoms with Crippen LogP contribution in [0.1, 0.15) is 0 Å². The molecule has 0 aliphatic carbocycles. The van der Waals surface area contributed by atoms with Crippen LogP contribution in [0.5, 0.6) is 11.5 Å². The molecule has 0 aliphatic rings. The summed E-state index contributed by atoms with van der Waals surface area (Å²) in [6.07, 6.45) is 1.74. The number of carbonyl (C=O) groups is 1. The van der Waals surface area contributed by atoms with Gasteiger partial charge in [0.05, 0.1) is 19.9 Å². The van der Waals surface area contributed by atoms with Crippen LogP contribution in [0.2, 0.25) is 0 Å². The second kappa shape index (κ2) is 8.66. The Bertz CT molecular complexity index is 832. The number of methoxy groups -OCH3 is 1. The van der Waals surface area contributed by atoms with E-state index in [1.165, 1.54) is 4.68 Å². The Labute approximate surface area is 151 Å². The largest absolute Gasteiger partial charge is 0.497 e. The number of nitrogens with zero attached hydrogens (tertiary/aromatic N) is 3. The van der Waals surface area contributed by atoms with Crippen LogP contribution in [0.4, 0.5) is 0 Å². The van der Waals surface area contributed by atoms with E-state index in [0.29, 0.717) is 18.8 Å². The molecule has 1 heterocycles. The highest BCUT2D eigenvalue weighted by atomic mass is 16.5. The van der Waals surface area contributed by atoms with Crippen LogP contribution in [0.25, 0.3) is 11.3 Å². The lowest BCUT2D eigenvalue weighted by Gasteiger charge is -2.07. The van der Waals surface area contributed by atoms with Crippen molar-refractivity contribution in [3.63, 3.8) is 0 Å². The average Bonchev–Trinajstić information content (AvgIpc) is 3.14. The van der Waals surface area contributed by atoms with Crippen LogP contribution < -0.4 is 14.8 Å². The van der Waals surface area contributed by atoms with Gasteiger partial charge < -0.3 is 14.8 Å². The van der Waals surface area contributed by atoms with Crippen LogP contribution in [0, 0.1) is 0 Å². The molecule has 1 N–H and O–H groups in total. The van der Waals surface area contributed by atoms with E-state index in [0.717, 1.165) is 17.1 Å². The number of ether oxygens (including phenoxy) is 2. The molecule has 0 saturated heterocycles. The van der Waals surface area contributed by atoms with Crippen molar-refractivity contribution in [2.75, 3.05) is 20.3 Å². The second-order valence-electron chi connectivity index (χ2n) is 5.54. The minimum absolute atomic E-state index is 0.106. The van der Waals surface area contributed by atoms with Crippen molar-refractivity contribution in [3.05, 3.63) is 60.8 Å². The van der Waals surface area contributed by atoms with Gasteiger partial charge >= 0.3 is 0 Å². The quantitative estimate of drug-likeness (QED) is 0.629. The summed E-state index contributed by atoms with van der Waals surface area (Å²) in [7, 11) is 1.62. The molecule has 26 heavy (non-hydrogen) atoms. The predicted octanol–water partition coefficient (Wildman–Crippen LogP) is 2.15. The highest BCUT2D eigenvalue weighted by Gasteiger charge is 2.07. The molecule has 0 spiro atoms. The van der Waals surface area contributed by atoms with E-state index in [9.17, 15) is 4.79 Å². The van der Waals surface area contributed by atoms with Gasteiger partial charge in [-0.25, -0.2) is 4.68 Å². The third kappa shape index (κ3) is 4.83. The summed E-state index contributed by atoms with van der Waals surface area (Å²) in [6, 6.07) is 17.0. The van der Waals surface area contributed by atoms with Crippen molar-refractivity contribution in [2.45, 2.75) is 6.54 Å². The number of benzene rings is 2. The first-order chi connectivity index (χ1) is 12.7. The first kappa shape index (κ1) is 17.5. The molecule has 0 unspecified atom stereocenters. The minimum atomic E-state index is -0.146. The molecule has 0 fully saturated rings. The topological polar surface area (TPSA) is 78.3 Å². The molecule has 0 atom stereocenters. The van der Waals surface area contributed by atoms with E-state index in [4.69, 9.17) is 9.47 Å². The third-order valence-corrected chi connectivity index (χ3v) is 3.67. The van der Waals surface area contributed by atoms with Crippen molar-refractivity contribution < 1.29 is 14.3 Å². The van der Waals surface area contributed by atoms with Crippen LogP contribution in [0.15, 0.2) is 60.8 Å². The van der Waals surface area contributed by atoms with Gasteiger partial charge in [-0.3, -0.25) is 4.79 Å². The smallest absolute Gasteiger partial charge is 0.241 e. The van der Waals surface area contributed by atoms with E-state index in [-0.39, 0.29) is 12.5 Å². The van der Waals surface area contributed by atoms with Crippen LogP contribution in [-0.4, -0.2) is 41.2 Å². The Morgan fingerprint density at radius 2 is 1.85 bits per heavy atom. The van der Waals surface area contributed by atoms with Gasteiger partial charge in [-0.15, -0.1) is 5.10 Å². The van der Waals surface area contributed by atoms with Crippen molar-refractivity contribution in [2.24, 2.45) is 0 Å². The fourth-order valence-corrected chi connectivity index (χ4v) is 2.35. The van der Waals surface area contributed by atoms with Crippen molar-refractivity contribution >= 4 is 5.91 Å². The number of para-hydroxylation sites is 1. The summed E-state index contributed by atoms with van der Waals surface area (Å²) >= 11 is 0. The van der Waals surface area contributed by atoms with Crippen LogP contribution >= 0.6 is 0 Å². The Balaban J connectivity index is 1.45. The monoisotopic (exact) mass is 352 g/mol. The van der Waals surface area contributed by atoms with E-state index in [1.807, 2.05) is 54.6 Å². The van der Waals surface area contributed by atoms with E-state index >= 15 is 0 Å². The van der Waals surface area contributed by atoms with Gasteiger partial charge in [0, 0.05) is 5.56 Å². The number of amides is 1. The first-order valence-corrected chi connectivity index (χ1v) is 8.24. The zero-order valence-electron chi connectivity index (χ0n) is 14.5. The van der Waals surface area contributed by atoms with Crippen LogP contribution in [-0.2, 0) is 11.3 Å². The Hall–Kier alpha value is -3.35.